The Morgan fingerprint density at radius 1 is 0.814 bits per heavy atom. The van der Waals surface area contributed by atoms with E-state index in [4.69, 9.17) is 37.9 Å². The highest BCUT2D eigenvalue weighted by Gasteiger charge is 2.91. The summed E-state index contributed by atoms with van der Waals surface area (Å²) in [6.07, 6.45) is -10.8. The molecule has 0 radical (unpaired) electrons. The van der Waals surface area contributed by atoms with E-state index in [1.54, 1.807) is 25.1 Å². The van der Waals surface area contributed by atoms with Crippen LogP contribution in [0.1, 0.15) is 87.7 Å². The molecule has 1 aromatic heterocycles. The summed E-state index contributed by atoms with van der Waals surface area (Å²) in [7, 11) is 0. The van der Waals surface area contributed by atoms with Crippen molar-refractivity contribution in [2.45, 2.75) is 115 Å². The first-order valence-corrected chi connectivity index (χ1v) is 19.0. The average Bonchev–Trinajstić information content (AvgIpc) is 3.37. The first-order chi connectivity index (χ1) is 27.6. The van der Waals surface area contributed by atoms with Crippen LogP contribution in [0.3, 0.4) is 0 Å². The standard InChI is InChI=1S/C41H47NO17/c1-19-20(2)35(48)58-32-30(54-22(4)44)34(56-24(6)46)40(18-52-21(3)43)33(55-23(5)45)29(57-36(49)25-13-10-9-11-14-25)27-31(47)41(40,39(32,8)51)59-38(27,7)17-53-37(50)26-15-12-16-42-28(19)26/h9-16,19-20,27,29-34,47,51H,17-18H2,1-8H3/t19?,20?,27-,29+,30+,31-,32+,33-,34+,38+,39+,40-,41+/m1/s1. The summed E-state index contributed by atoms with van der Waals surface area (Å²) >= 11 is 0. The monoisotopic (exact) mass is 825 g/mol. The van der Waals surface area contributed by atoms with Gasteiger partial charge in [-0.25, -0.2) is 9.59 Å². The first-order valence-electron chi connectivity index (χ1n) is 19.0. The van der Waals surface area contributed by atoms with E-state index in [1.807, 2.05) is 0 Å². The summed E-state index contributed by atoms with van der Waals surface area (Å²) in [6.45, 7) is 7.71. The second-order valence-electron chi connectivity index (χ2n) is 15.9. The van der Waals surface area contributed by atoms with E-state index in [0.717, 1.165) is 34.6 Å². The van der Waals surface area contributed by atoms with Gasteiger partial charge in [-0.2, -0.15) is 0 Å². The topological polar surface area (TPSA) is 247 Å². The van der Waals surface area contributed by atoms with Gasteiger partial charge in [0.15, 0.2) is 24.4 Å². The lowest BCUT2D eigenvalue weighted by atomic mass is 9.45. The molecule has 18 heteroatoms. The fourth-order valence-corrected chi connectivity index (χ4v) is 9.53. The van der Waals surface area contributed by atoms with E-state index >= 15 is 0 Å². The van der Waals surface area contributed by atoms with Gasteiger partial charge in [-0.3, -0.25) is 29.0 Å². The van der Waals surface area contributed by atoms with Crippen LogP contribution in [-0.2, 0) is 61.9 Å². The van der Waals surface area contributed by atoms with Crippen LogP contribution in [0.25, 0.3) is 0 Å². The summed E-state index contributed by atoms with van der Waals surface area (Å²) in [5.74, 6) is -10.7. The molecule has 6 rings (SSSR count). The zero-order valence-electron chi connectivity index (χ0n) is 33.7. The minimum atomic E-state index is -2.81. The molecule has 3 heterocycles. The highest BCUT2D eigenvalue weighted by molar-refractivity contribution is 5.91. The second-order valence-corrected chi connectivity index (χ2v) is 15.9. The number of fused-ring (bicyclic) bond motifs is 5. The average molecular weight is 826 g/mol. The van der Waals surface area contributed by atoms with E-state index in [1.165, 1.54) is 44.3 Å². The molecular weight excluding hydrogens is 778 g/mol. The van der Waals surface area contributed by atoms with E-state index in [0.29, 0.717) is 0 Å². The van der Waals surface area contributed by atoms with Gasteiger partial charge < -0.3 is 48.1 Å². The molecule has 18 nitrogen and oxygen atoms in total. The van der Waals surface area contributed by atoms with Gasteiger partial charge >= 0.3 is 41.8 Å². The number of pyridine rings is 1. The zero-order valence-corrected chi connectivity index (χ0v) is 33.7. The van der Waals surface area contributed by atoms with Gasteiger partial charge in [0.05, 0.1) is 34.8 Å². The molecule has 2 aliphatic heterocycles. The van der Waals surface area contributed by atoms with Crippen molar-refractivity contribution in [3.63, 3.8) is 0 Å². The maximum atomic E-state index is 14.3. The second kappa shape index (κ2) is 15.6. The molecule has 4 aliphatic rings. The molecule has 2 aromatic rings. The SMILES string of the molecule is CC(=O)OC[C@]12[C@H](OC(C)=O)[C@@H](OC(=O)c3ccccc3)[C@@H]3[C@@H](O)[C@@]14O[C@@]3(C)COC(=O)c1cccnc1C(C)C(C)C(=O)O[C@@H]([C@H](OC(C)=O)[C@@H]2OC(C)=O)[C@]4(C)O. The van der Waals surface area contributed by atoms with E-state index < -0.39 is 132 Å². The van der Waals surface area contributed by atoms with Crippen molar-refractivity contribution in [1.82, 2.24) is 4.98 Å². The number of aliphatic hydroxyl groups is 2. The number of nitrogens with zero attached hydrogens (tertiary/aromatic N) is 1. The lowest BCUT2D eigenvalue weighted by molar-refractivity contribution is -0.386. The predicted octanol–water partition coefficient (Wildman–Crippen LogP) is 1.76. The van der Waals surface area contributed by atoms with E-state index in [2.05, 4.69) is 4.98 Å². The van der Waals surface area contributed by atoms with Crippen LogP contribution >= 0.6 is 0 Å². The Kier molecular flexibility index (Phi) is 11.4. The summed E-state index contributed by atoms with van der Waals surface area (Å²) < 4.78 is 48.6. The van der Waals surface area contributed by atoms with Crippen molar-refractivity contribution in [1.29, 1.82) is 0 Å². The molecule has 0 amide bonds. The minimum Gasteiger partial charge on any atom is -0.465 e. The molecule has 4 bridgehead atoms. The Morgan fingerprint density at radius 3 is 2.02 bits per heavy atom. The molecule has 1 saturated heterocycles. The highest BCUT2D eigenvalue weighted by Crippen LogP contribution is 2.69. The Bertz CT molecular complexity index is 2040. The third-order valence-electron chi connectivity index (χ3n) is 12.1. The molecule has 1 spiro atoms. The van der Waals surface area contributed by atoms with E-state index in [9.17, 15) is 43.8 Å². The van der Waals surface area contributed by atoms with Crippen LogP contribution in [0.15, 0.2) is 48.7 Å². The molecule has 1 aromatic carbocycles. The summed E-state index contributed by atoms with van der Waals surface area (Å²) in [5.41, 5.74) is -10.1. The van der Waals surface area contributed by atoms with Crippen LogP contribution in [0.2, 0.25) is 0 Å². The summed E-state index contributed by atoms with van der Waals surface area (Å²) in [6, 6.07) is 10.5. The Balaban J connectivity index is 1.74. The lowest BCUT2D eigenvalue weighted by Gasteiger charge is -2.67. The molecule has 318 valence electrons. The number of carbonyl (C=O) groups is 7. The van der Waals surface area contributed by atoms with Gasteiger partial charge in [0.1, 0.15) is 41.5 Å². The number of esters is 7. The number of ether oxygens (including phenoxy) is 8. The van der Waals surface area contributed by atoms with Crippen molar-refractivity contribution in [3.8, 4) is 0 Å². The first kappa shape index (κ1) is 43.1. The quantitative estimate of drug-likeness (QED) is 0.298. The predicted molar refractivity (Wildman–Crippen MR) is 196 cm³/mol. The van der Waals surface area contributed by atoms with Crippen LogP contribution < -0.4 is 0 Å². The number of rotatable bonds is 7. The molecule has 2 aliphatic carbocycles. The normalized spacial score (nSPS) is 37.4. The number of carbonyl (C=O) groups excluding carboxylic acids is 7. The van der Waals surface area contributed by atoms with Crippen molar-refractivity contribution in [2.75, 3.05) is 13.2 Å². The van der Waals surface area contributed by atoms with Crippen molar-refractivity contribution in [3.05, 3.63) is 65.5 Å². The van der Waals surface area contributed by atoms with Crippen molar-refractivity contribution in [2.24, 2.45) is 17.3 Å². The number of aromatic nitrogens is 1. The third kappa shape index (κ3) is 6.89. The van der Waals surface area contributed by atoms with Gasteiger partial charge in [-0.05, 0) is 38.1 Å². The molecular formula is C41H47NO17. The van der Waals surface area contributed by atoms with Crippen LogP contribution in [0, 0.1) is 17.3 Å². The van der Waals surface area contributed by atoms with Crippen LogP contribution in [0.5, 0.6) is 0 Å². The Hall–Kier alpha value is -5.46. The van der Waals surface area contributed by atoms with E-state index in [-0.39, 0.29) is 16.8 Å². The fraction of sp³-hybridized carbons (Fsp3) is 0.561. The summed E-state index contributed by atoms with van der Waals surface area (Å²) in [4.78, 5) is 99.2. The van der Waals surface area contributed by atoms with Crippen LogP contribution in [0.4, 0.5) is 0 Å². The van der Waals surface area contributed by atoms with Crippen molar-refractivity contribution < 1.29 is 81.7 Å². The number of hydrogen-bond acceptors (Lipinski definition) is 18. The smallest absolute Gasteiger partial charge is 0.340 e. The Morgan fingerprint density at radius 2 is 1.42 bits per heavy atom. The number of cyclic esters (lactones) is 1. The van der Waals surface area contributed by atoms with Gasteiger partial charge in [-0.1, -0.05) is 32.0 Å². The molecule has 2 saturated carbocycles. The minimum absolute atomic E-state index is 0.00386. The lowest BCUT2D eigenvalue weighted by Crippen LogP contribution is -2.89. The van der Waals surface area contributed by atoms with Gasteiger partial charge in [0, 0.05) is 39.8 Å². The zero-order chi connectivity index (χ0) is 43.4. The molecule has 2 N–H and O–H groups in total. The Labute approximate surface area is 338 Å². The van der Waals surface area contributed by atoms with Gasteiger partial charge in [-0.15, -0.1) is 0 Å². The van der Waals surface area contributed by atoms with Gasteiger partial charge in [0.2, 0.25) is 0 Å². The van der Waals surface area contributed by atoms with Crippen LogP contribution in [-0.4, -0.2) is 124 Å². The van der Waals surface area contributed by atoms with Gasteiger partial charge in [0.25, 0.3) is 0 Å². The maximum Gasteiger partial charge on any atom is 0.340 e. The molecule has 13 atom stereocenters. The fourth-order valence-electron chi connectivity index (χ4n) is 9.53. The maximum absolute atomic E-state index is 14.3. The third-order valence-corrected chi connectivity index (χ3v) is 12.1. The van der Waals surface area contributed by atoms with Crippen molar-refractivity contribution >= 4 is 41.8 Å². The summed E-state index contributed by atoms with van der Waals surface area (Å²) in [5, 5.41) is 26.3. The highest BCUT2D eigenvalue weighted by atomic mass is 16.7. The molecule has 2 unspecified atom stereocenters. The number of aliphatic hydroxyl groups excluding tert-OH is 1. The number of hydrogen-bond donors (Lipinski definition) is 2. The largest absolute Gasteiger partial charge is 0.465 e. The number of benzene rings is 1. The molecule has 59 heavy (non-hydrogen) atoms. The molecule has 3 fully saturated rings.